The number of hydrogen-bond acceptors (Lipinski definition) is 2. The molecule has 0 aliphatic carbocycles. The van der Waals surface area contributed by atoms with Crippen molar-refractivity contribution in [3.8, 4) is 0 Å². The van der Waals surface area contributed by atoms with Gasteiger partial charge in [0.1, 0.15) is 0 Å². The Morgan fingerprint density at radius 1 is 1.82 bits per heavy atom. The average molecular weight is 154 g/mol. The molecule has 3 heteroatoms. The molecule has 0 aromatic rings. The molecule has 0 saturated carbocycles. The third-order valence-corrected chi connectivity index (χ3v) is 1.78. The first-order valence-corrected chi connectivity index (χ1v) is 3.95. The second-order valence-corrected chi connectivity index (χ2v) is 2.66. The molecule has 1 aliphatic rings. The molecule has 0 saturated heterocycles. The largest absolute Gasteiger partial charge is 0.370 e. The highest BCUT2D eigenvalue weighted by Crippen LogP contribution is 2.11. The molecule has 1 amide bonds. The van der Waals surface area contributed by atoms with Gasteiger partial charge in [-0.05, 0) is 13.3 Å². The molecule has 3 nitrogen and oxygen atoms in total. The van der Waals surface area contributed by atoms with E-state index in [-0.39, 0.29) is 5.91 Å². The molecule has 1 heterocycles. The van der Waals surface area contributed by atoms with Crippen LogP contribution in [0.15, 0.2) is 11.8 Å². The summed E-state index contributed by atoms with van der Waals surface area (Å²) in [4.78, 5) is 13.2. The summed E-state index contributed by atoms with van der Waals surface area (Å²) in [6.07, 6.45) is 2.97. The lowest BCUT2D eigenvalue weighted by atomic mass is 10.4. The maximum Gasteiger partial charge on any atom is 0.267 e. The van der Waals surface area contributed by atoms with E-state index in [0.717, 1.165) is 18.7 Å². The Balaban J connectivity index is 2.52. The van der Waals surface area contributed by atoms with Crippen LogP contribution in [0.5, 0.6) is 0 Å². The van der Waals surface area contributed by atoms with Gasteiger partial charge >= 0.3 is 0 Å². The summed E-state index contributed by atoms with van der Waals surface area (Å²) in [6.45, 7) is 3.59. The zero-order chi connectivity index (χ0) is 8.27. The lowest BCUT2D eigenvalue weighted by Crippen LogP contribution is -2.30. The lowest BCUT2D eigenvalue weighted by Gasteiger charge is -2.14. The number of likely N-dealkylation sites (N-methyl/N-ethyl adjacent to an activating group) is 2. The molecule has 0 aromatic heterocycles. The average Bonchev–Trinajstić information content (AvgIpc) is 2.36. The minimum absolute atomic E-state index is 0.0486. The Labute approximate surface area is 67.1 Å². The molecular formula is C8H14N2O. The number of rotatable bonds is 2. The monoisotopic (exact) mass is 154 g/mol. The van der Waals surface area contributed by atoms with Crippen LogP contribution in [0.2, 0.25) is 0 Å². The van der Waals surface area contributed by atoms with Crippen molar-refractivity contribution in [3.05, 3.63) is 11.8 Å². The normalized spacial score (nSPS) is 16.5. The van der Waals surface area contributed by atoms with E-state index in [9.17, 15) is 4.79 Å². The summed E-state index contributed by atoms with van der Waals surface area (Å²) in [6, 6.07) is 0. The van der Waals surface area contributed by atoms with Crippen LogP contribution in [0, 0.1) is 0 Å². The number of hydrogen-bond donors (Lipinski definition) is 1. The van der Waals surface area contributed by atoms with E-state index >= 15 is 0 Å². The highest BCUT2D eigenvalue weighted by molar-refractivity contribution is 5.93. The van der Waals surface area contributed by atoms with Crippen LogP contribution >= 0.6 is 0 Å². The van der Waals surface area contributed by atoms with Crippen molar-refractivity contribution in [1.29, 1.82) is 0 Å². The van der Waals surface area contributed by atoms with Gasteiger partial charge in [0.25, 0.3) is 5.91 Å². The molecule has 0 fully saturated rings. The molecule has 1 N–H and O–H groups in total. The smallest absolute Gasteiger partial charge is 0.267 e. The van der Waals surface area contributed by atoms with Crippen molar-refractivity contribution in [2.45, 2.75) is 13.3 Å². The number of nitrogens with zero attached hydrogens (tertiary/aromatic N) is 1. The number of nitrogens with one attached hydrogen (secondary N) is 1. The van der Waals surface area contributed by atoms with E-state index in [1.807, 2.05) is 24.9 Å². The fourth-order valence-corrected chi connectivity index (χ4v) is 1.19. The van der Waals surface area contributed by atoms with E-state index in [2.05, 4.69) is 5.32 Å². The van der Waals surface area contributed by atoms with E-state index in [1.165, 1.54) is 0 Å². The van der Waals surface area contributed by atoms with Crippen LogP contribution in [0.1, 0.15) is 13.3 Å². The Bertz CT molecular complexity index is 187. The highest BCUT2D eigenvalue weighted by Gasteiger charge is 2.16. The van der Waals surface area contributed by atoms with Gasteiger partial charge in [-0.1, -0.05) is 6.08 Å². The minimum atomic E-state index is 0.0486. The van der Waals surface area contributed by atoms with Crippen molar-refractivity contribution in [1.82, 2.24) is 10.2 Å². The van der Waals surface area contributed by atoms with Crippen LogP contribution in [0.3, 0.4) is 0 Å². The van der Waals surface area contributed by atoms with Crippen molar-refractivity contribution in [2.75, 3.05) is 20.1 Å². The molecule has 0 spiro atoms. The topological polar surface area (TPSA) is 32.3 Å². The first-order valence-electron chi connectivity index (χ1n) is 3.95. The molecule has 1 aliphatic heterocycles. The molecule has 0 radical (unpaired) electrons. The SMILES string of the molecule is CCNC(=O)C1=CCCN1C. The number of amides is 1. The zero-order valence-electron chi connectivity index (χ0n) is 7.05. The number of carbonyl (C=O) groups is 1. The maximum absolute atomic E-state index is 11.2. The van der Waals surface area contributed by atoms with E-state index in [1.54, 1.807) is 0 Å². The third-order valence-electron chi connectivity index (χ3n) is 1.78. The molecule has 0 atom stereocenters. The summed E-state index contributed by atoms with van der Waals surface area (Å²) in [5, 5.41) is 2.77. The Kier molecular flexibility index (Phi) is 2.52. The number of carbonyl (C=O) groups excluding carboxylic acids is 1. The van der Waals surface area contributed by atoms with Gasteiger partial charge in [0.15, 0.2) is 0 Å². The summed E-state index contributed by atoms with van der Waals surface area (Å²) >= 11 is 0. The summed E-state index contributed by atoms with van der Waals surface area (Å²) in [7, 11) is 1.94. The van der Waals surface area contributed by atoms with Gasteiger partial charge < -0.3 is 10.2 Å². The first kappa shape index (κ1) is 8.11. The fraction of sp³-hybridized carbons (Fsp3) is 0.625. The van der Waals surface area contributed by atoms with Gasteiger partial charge in [0.05, 0.1) is 5.70 Å². The second kappa shape index (κ2) is 3.42. The van der Waals surface area contributed by atoms with E-state index in [0.29, 0.717) is 6.54 Å². The van der Waals surface area contributed by atoms with Gasteiger partial charge in [0.2, 0.25) is 0 Å². The van der Waals surface area contributed by atoms with Gasteiger partial charge in [-0.3, -0.25) is 4.79 Å². The first-order chi connectivity index (χ1) is 5.25. The Morgan fingerprint density at radius 2 is 2.55 bits per heavy atom. The van der Waals surface area contributed by atoms with E-state index < -0.39 is 0 Å². The third kappa shape index (κ3) is 1.73. The van der Waals surface area contributed by atoms with E-state index in [4.69, 9.17) is 0 Å². The molecule has 0 unspecified atom stereocenters. The van der Waals surface area contributed by atoms with Crippen molar-refractivity contribution in [3.63, 3.8) is 0 Å². The second-order valence-electron chi connectivity index (χ2n) is 2.66. The quantitative estimate of drug-likeness (QED) is 0.622. The van der Waals surface area contributed by atoms with Gasteiger partial charge in [-0.2, -0.15) is 0 Å². The zero-order valence-corrected chi connectivity index (χ0v) is 7.05. The molecule has 62 valence electrons. The van der Waals surface area contributed by atoms with Crippen LogP contribution < -0.4 is 5.32 Å². The van der Waals surface area contributed by atoms with Crippen LogP contribution in [0.25, 0.3) is 0 Å². The van der Waals surface area contributed by atoms with Crippen LogP contribution in [0.4, 0.5) is 0 Å². The maximum atomic E-state index is 11.2. The van der Waals surface area contributed by atoms with Crippen molar-refractivity contribution < 1.29 is 4.79 Å². The fourth-order valence-electron chi connectivity index (χ4n) is 1.19. The molecule has 0 aromatic carbocycles. The minimum Gasteiger partial charge on any atom is -0.370 e. The Morgan fingerprint density at radius 3 is 3.00 bits per heavy atom. The van der Waals surface area contributed by atoms with Crippen molar-refractivity contribution >= 4 is 5.91 Å². The standard InChI is InChI=1S/C8H14N2O/c1-3-9-8(11)7-5-4-6-10(7)2/h5H,3-4,6H2,1-2H3,(H,9,11). The van der Waals surface area contributed by atoms with Crippen molar-refractivity contribution in [2.24, 2.45) is 0 Å². The van der Waals surface area contributed by atoms with Gasteiger partial charge in [-0.15, -0.1) is 0 Å². The molecule has 1 rings (SSSR count). The van der Waals surface area contributed by atoms with Gasteiger partial charge in [-0.25, -0.2) is 0 Å². The van der Waals surface area contributed by atoms with Crippen LogP contribution in [-0.2, 0) is 4.79 Å². The Hall–Kier alpha value is -0.990. The molecule has 0 bridgehead atoms. The van der Waals surface area contributed by atoms with Gasteiger partial charge in [0, 0.05) is 20.1 Å². The summed E-state index contributed by atoms with van der Waals surface area (Å²) in [5.74, 6) is 0.0486. The molecule has 11 heavy (non-hydrogen) atoms. The highest BCUT2D eigenvalue weighted by atomic mass is 16.2. The predicted molar refractivity (Wildman–Crippen MR) is 44.0 cm³/mol. The predicted octanol–water partition coefficient (Wildman–Crippen LogP) is 0.342. The van der Waals surface area contributed by atoms with Crippen LogP contribution in [-0.4, -0.2) is 30.9 Å². The summed E-state index contributed by atoms with van der Waals surface area (Å²) in [5.41, 5.74) is 0.812. The summed E-state index contributed by atoms with van der Waals surface area (Å²) < 4.78 is 0. The molecular weight excluding hydrogens is 140 g/mol. The lowest BCUT2D eigenvalue weighted by molar-refractivity contribution is -0.118.